The summed E-state index contributed by atoms with van der Waals surface area (Å²) >= 11 is 0. The number of carbonyl (C=O) groups excluding carboxylic acids is 1. The summed E-state index contributed by atoms with van der Waals surface area (Å²) in [6, 6.07) is 1.65. The Morgan fingerprint density at radius 3 is 2.67 bits per heavy atom. The number of esters is 1. The van der Waals surface area contributed by atoms with E-state index in [0.29, 0.717) is 0 Å². The smallest absolute Gasteiger partial charge is 0.356 e. The highest BCUT2D eigenvalue weighted by Gasteiger charge is 2.23. The van der Waals surface area contributed by atoms with Crippen LogP contribution < -0.4 is 4.90 Å². The highest BCUT2D eigenvalue weighted by Crippen LogP contribution is 2.18. The monoisotopic (exact) mass is 251 g/mol. The molecule has 2 atom stereocenters. The van der Waals surface area contributed by atoms with E-state index >= 15 is 0 Å². The molecule has 0 N–H and O–H groups in total. The fourth-order valence-corrected chi connectivity index (χ4v) is 2.10. The van der Waals surface area contributed by atoms with Gasteiger partial charge in [0.2, 0.25) is 0 Å². The largest absolute Gasteiger partial charge is 0.464 e. The summed E-state index contributed by atoms with van der Waals surface area (Å²) in [6.07, 6.45) is 1.67. The molecule has 1 saturated heterocycles. The molecule has 0 saturated carbocycles. The number of nitrogens with zero attached hydrogens (tertiary/aromatic N) is 3. The number of hydrogen-bond acceptors (Lipinski definition) is 6. The lowest BCUT2D eigenvalue weighted by Gasteiger charge is -2.36. The van der Waals surface area contributed by atoms with E-state index < -0.39 is 5.97 Å². The van der Waals surface area contributed by atoms with Gasteiger partial charge >= 0.3 is 5.97 Å². The zero-order valence-corrected chi connectivity index (χ0v) is 10.8. The highest BCUT2D eigenvalue weighted by atomic mass is 16.5. The van der Waals surface area contributed by atoms with Crippen molar-refractivity contribution in [1.29, 1.82) is 0 Å². The third kappa shape index (κ3) is 2.76. The number of rotatable bonds is 2. The summed E-state index contributed by atoms with van der Waals surface area (Å²) in [5.41, 5.74) is 0.272. The summed E-state index contributed by atoms with van der Waals surface area (Å²) < 4.78 is 10.3. The number of hydrogen-bond donors (Lipinski definition) is 0. The first-order valence-corrected chi connectivity index (χ1v) is 5.91. The van der Waals surface area contributed by atoms with Crippen LogP contribution in [0.3, 0.4) is 0 Å². The van der Waals surface area contributed by atoms with Crippen LogP contribution in [-0.4, -0.2) is 48.3 Å². The zero-order chi connectivity index (χ0) is 13.1. The van der Waals surface area contributed by atoms with Gasteiger partial charge in [-0.2, -0.15) is 0 Å². The van der Waals surface area contributed by atoms with Crippen molar-refractivity contribution in [1.82, 2.24) is 9.97 Å². The first-order valence-electron chi connectivity index (χ1n) is 5.91. The lowest BCUT2D eigenvalue weighted by molar-refractivity contribution is -0.00546. The molecule has 98 valence electrons. The number of methoxy groups -OCH3 is 1. The molecule has 6 nitrogen and oxygen atoms in total. The summed E-state index contributed by atoms with van der Waals surface area (Å²) in [7, 11) is 1.34. The molecule has 0 aliphatic carbocycles. The van der Waals surface area contributed by atoms with Crippen molar-refractivity contribution in [2.75, 3.05) is 25.1 Å². The molecule has 2 rings (SSSR count). The van der Waals surface area contributed by atoms with Crippen LogP contribution >= 0.6 is 0 Å². The molecule has 6 heteroatoms. The Balaban J connectivity index is 2.20. The van der Waals surface area contributed by atoms with Crippen molar-refractivity contribution in [3.8, 4) is 0 Å². The zero-order valence-electron chi connectivity index (χ0n) is 10.8. The number of anilines is 1. The van der Waals surface area contributed by atoms with Gasteiger partial charge in [0.1, 0.15) is 12.1 Å². The van der Waals surface area contributed by atoms with Gasteiger partial charge in [0, 0.05) is 19.2 Å². The Kier molecular flexibility index (Phi) is 3.76. The molecule has 0 spiro atoms. The molecule has 18 heavy (non-hydrogen) atoms. The molecule has 0 aromatic carbocycles. The van der Waals surface area contributed by atoms with Crippen LogP contribution in [0.2, 0.25) is 0 Å². The van der Waals surface area contributed by atoms with Gasteiger partial charge in [-0.05, 0) is 13.8 Å². The van der Waals surface area contributed by atoms with E-state index in [1.54, 1.807) is 6.07 Å². The van der Waals surface area contributed by atoms with Gasteiger partial charge in [-0.3, -0.25) is 0 Å². The van der Waals surface area contributed by atoms with Crippen molar-refractivity contribution in [3.05, 3.63) is 18.1 Å². The number of ether oxygens (including phenoxy) is 2. The van der Waals surface area contributed by atoms with Crippen molar-refractivity contribution in [2.24, 2.45) is 0 Å². The van der Waals surface area contributed by atoms with Crippen molar-refractivity contribution < 1.29 is 14.3 Å². The Hall–Kier alpha value is -1.69. The number of carbonyl (C=O) groups is 1. The topological polar surface area (TPSA) is 64.5 Å². The minimum atomic E-state index is -0.451. The molecule has 1 aliphatic heterocycles. The van der Waals surface area contributed by atoms with E-state index in [1.165, 1.54) is 13.4 Å². The van der Waals surface area contributed by atoms with E-state index in [2.05, 4.69) is 19.6 Å². The minimum Gasteiger partial charge on any atom is -0.464 e. The third-order valence-corrected chi connectivity index (χ3v) is 2.79. The minimum absolute atomic E-state index is 0.144. The van der Waals surface area contributed by atoms with Crippen LogP contribution in [0.4, 0.5) is 5.82 Å². The molecule has 2 heterocycles. The second-order valence-electron chi connectivity index (χ2n) is 4.42. The predicted octanol–water partition coefficient (Wildman–Crippen LogP) is 0.877. The standard InChI is InChI=1S/C12H17N3O3/c1-8-5-15(6-9(2)18-8)11-4-10(12(16)17-3)13-7-14-11/h4,7-9H,5-6H2,1-3H3. The first-order chi connectivity index (χ1) is 8.60. The Bertz CT molecular complexity index is 428. The second-order valence-corrected chi connectivity index (χ2v) is 4.42. The quantitative estimate of drug-likeness (QED) is 0.727. The van der Waals surface area contributed by atoms with E-state index in [0.717, 1.165) is 18.9 Å². The van der Waals surface area contributed by atoms with Crippen LogP contribution in [0, 0.1) is 0 Å². The summed E-state index contributed by atoms with van der Waals surface area (Å²) in [4.78, 5) is 21.6. The molecule has 1 aliphatic rings. The van der Waals surface area contributed by atoms with E-state index in [-0.39, 0.29) is 17.9 Å². The Morgan fingerprint density at radius 1 is 1.39 bits per heavy atom. The summed E-state index contributed by atoms with van der Waals surface area (Å²) in [5, 5.41) is 0. The molecule has 0 amide bonds. The highest BCUT2D eigenvalue weighted by molar-refractivity contribution is 5.87. The molecular formula is C12H17N3O3. The van der Waals surface area contributed by atoms with Gasteiger partial charge in [0.05, 0.1) is 19.3 Å². The SMILES string of the molecule is COC(=O)c1cc(N2CC(C)OC(C)C2)ncn1. The average Bonchev–Trinajstić information content (AvgIpc) is 2.37. The lowest BCUT2D eigenvalue weighted by atomic mass is 10.2. The molecule has 1 aromatic heterocycles. The van der Waals surface area contributed by atoms with Gasteiger partial charge in [0.15, 0.2) is 5.69 Å². The normalized spacial score (nSPS) is 23.8. The number of aromatic nitrogens is 2. The summed E-state index contributed by atoms with van der Waals surface area (Å²) in [6.45, 7) is 5.54. The lowest BCUT2D eigenvalue weighted by Crippen LogP contribution is -2.45. The maximum atomic E-state index is 11.4. The molecule has 0 bridgehead atoms. The maximum Gasteiger partial charge on any atom is 0.356 e. The van der Waals surface area contributed by atoms with E-state index in [1.807, 2.05) is 13.8 Å². The van der Waals surface area contributed by atoms with Crippen LogP contribution in [0.25, 0.3) is 0 Å². The maximum absolute atomic E-state index is 11.4. The van der Waals surface area contributed by atoms with Crippen molar-refractivity contribution in [2.45, 2.75) is 26.1 Å². The predicted molar refractivity (Wildman–Crippen MR) is 65.6 cm³/mol. The van der Waals surface area contributed by atoms with Crippen molar-refractivity contribution in [3.63, 3.8) is 0 Å². The van der Waals surface area contributed by atoms with Gasteiger partial charge in [-0.1, -0.05) is 0 Å². The van der Waals surface area contributed by atoms with Crippen LogP contribution in [0.5, 0.6) is 0 Å². The third-order valence-electron chi connectivity index (χ3n) is 2.79. The van der Waals surface area contributed by atoms with E-state index in [4.69, 9.17) is 4.74 Å². The average molecular weight is 251 g/mol. The van der Waals surface area contributed by atoms with Gasteiger partial charge in [0.25, 0.3) is 0 Å². The van der Waals surface area contributed by atoms with Gasteiger partial charge in [-0.25, -0.2) is 14.8 Å². The molecule has 1 fully saturated rings. The van der Waals surface area contributed by atoms with Crippen molar-refractivity contribution >= 4 is 11.8 Å². The van der Waals surface area contributed by atoms with Gasteiger partial charge < -0.3 is 14.4 Å². The Morgan fingerprint density at radius 2 is 2.06 bits per heavy atom. The molecular weight excluding hydrogens is 234 g/mol. The fourth-order valence-electron chi connectivity index (χ4n) is 2.10. The number of morpholine rings is 1. The molecule has 1 aromatic rings. The van der Waals surface area contributed by atoms with Crippen LogP contribution in [0.15, 0.2) is 12.4 Å². The van der Waals surface area contributed by atoms with Crippen LogP contribution in [0.1, 0.15) is 24.3 Å². The fraction of sp³-hybridized carbons (Fsp3) is 0.583. The first kappa shape index (κ1) is 12.8. The van der Waals surface area contributed by atoms with Crippen LogP contribution in [-0.2, 0) is 9.47 Å². The summed E-state index contributed by atoms with van der Waals surface area (Å²) in [5.74, 6) is 0.278. The van der Waals surface area contributed by atoms with Gasteiger partial charge in [-0.15, -0.1) is 0 Å². The van der Waals surface area contributed by atoms with E-state index in [9.17, 15) is 4.79 Å². The molecule has 0 radical (unpaired) electrons. The second kappa shape index (κ2) is 5.30. The molecule has 2 unspecified atom stereocenters. The Labute approximate surface area is 106 Å².